The summed E-state index contributed by atoms with van der Waals surface area (Å²) in [6, 6.07) is 10.5. The fourth-order valence-corrected chi connectivity index (χ4v) is 1.78. The highest BCUT2D eigenvalue weighted by atomic mass is 127. The molecule has 0 amide bonds. The van der Waals surface area contributed by atoms with Crippen LogP contribution in [0.5, 0.6) is 0 Å². The molecule has 2 rings (SSSR count). The molecule has 1 aromatic heterocycles. The fraction of sp³-hybridized carbons (Fsp3) is 0.250. The summed E-state index contributed by atoms with van der Waals surface area (Å²) < 4.78 is 0.182. The number of pyridine rings is 1. The number of hydrogen-bond acceptors (Lipinski definition) is 1. The zero-order chi connectivity index (χ0) is 10.2. The Hall–Kier alpha value is -0.640. The second-order valence-electron chi connectivity index (χ2n) is 3.88. The Morgan fingerprint density at radius 1 is 1.21 bits per heavy atom. The second-order valence-corrected chi connectivity index (χ2v) is 6.58. The van der Waals surface area contributed by atoms with Crippen LogP contribution < -0.4 is 0 Å². The molecule has 0 aliphatic carbocycles. The zero-order valence-electron chi connectivity index (χ0n) is 8.29. The monoisotopic (exact) mass is 297 g/mol. The van der Waals surface area contributed by atoms with Gasteiger partial charge in [-0.1, -0.05) is 34.7 Å². The molecule has 1 aromatic carbocycles. The van der Waals surface area contributed by atoms with Crippen LogP contribution in [0.25, 0.3) is 10.9 Å². The summed E-state index contributed by atoms with van der Waals surface area (Å²) in [6.07, 6.45) is 1.83. The predicted octanol–water partition coefficient (Wildman–Crippen LogP) is 3.90. The Balaban J connectivity index is 2.63. The van der Waals surface area contributed by atoms with E-state index in [2.05, 4.69) is 65.7 Å². The number of benzene rings is 1. The van der Waals surface area contributed by atoms with Gasteiger partial charge >= 0.3 is 0 Å². The third kappa shape index (κ3) is 1.90. The normalized spacial score (nSPS) is 11.9. The average molecular weight is 297 g/mol. The Labute approximate surface area is 97.7 Å². The molecule has 0 radical (unpaired) electrons. The molecule has 0 saturated carbocycles. The molecule has 0 aliphatic heterocycles. The number of alkyl halides is 1. The average Bonchev–Trinajstić information content (AvgIpc) is 2.16. The topological polar surface area (TPSA) is 12.9 Å². The summed E-state index contributed by atoms with van der Waals surface area (Å²) in [7, 11) is 0. The molecule has 0 saturated heterocycles. The molecule has 2 heteroatoms. The SMILES string of the molecule is CC(C)(I)c1ccc2ncccc2c1. The summed E-state index contributed by atoms with van der Waals surface area (Å²) in [5.74, 6) is 0. The van der Waals surface area contributed by atoms with Crippen LogP contribution in [0.2, 0.25) is 0 Å². The Kier molecular flexibility index (Phi) is 2.47. The summed E-state index contributed by atoms with van der Waals surface area (Å²) in [5, 5.41) is 1.22. The van der Waals surface area contributed by atoms with Crippen LogP contribution in [0.1, 0.15) is 19.4 Å². The van der Waals surface area contributed by atoms with E-state index >= 15 is 0 Å². The van der Waals surface area contributed by atoms with Crippen molar-refractivity contribution in [3.63, 3.8) is 0 Å². The summed E-state index contributed by atoms with van der Waals surface area (Å²) in [4.78, 5) is 4.30. The first kappa shape index (κ1) is 9.90. The summed E-state index contributed by atoms with van der Waals surface area (Å²) in [5.41, 5.74) is 2.41. The van der Waals surface area contributed by atoms with Crippen molar-refractivity contribution in [3.05, 3.63) is 42.1 Å². The molecule has 72 valence electrons. The maximum atomic E-state index is 4.30. The molecule has 0 bridgehead atoms. The first-order valence-electron chi connectivity index (χ1n) is 4.61. The molecule has 2 aromatic rings. The number of hydrogen-bond donors (Lipinski definition) is 0. The van der Waals surface area contributed by atoms with Crippen molar-refractivity contribution in [1.29, 1.82) is 0 Å². The fourth-order valence-electron chi connectivity index (χ4n) is 1.45. The highest BCUT2D eigenvalue weighted by molar-refractivity contribution is 14.1. The third-order valence-corrected chi connectivity index (χ3v) is 2.91. The van der Waals surface area contributed by atoms with Crippen LogP contribution in [-0.2, 0) is 3.42 Å². The molecule has 0 N–H and O–H groups in total. The molecule has 0 spiro atoms. The van der Waals surface area contributed by atoms with Gasteiger partial charge in [0.2, 0.25) is 0 Å². The number of nitrogens with zero attached hydrogens (tertiary/aromatic N) is 1. The van der Waals surface area contributed by atoms with Crippen molar-refractivity contribution in [1.82, 2.24) is 4.98 Å². The van der Waals surface area contributed by atoms with Gasteiger partial charge in [0.25, 0.3) is 0 Å². The van der Waals surface area contributed by atoms with Crippen molar-refractivity contribution in [2.24, 2.45) is 0 Å². The van der Waals surface area contributed by atoms with Gasteiger partial charge in [-0.05, 0) is 37.6 Å². The molecule has 1 heterocycles. The van der Waals surface area contributed by atoms with E-state index in [1.165, 1.54) is 10.9 Å². The smallest absolute Gasteiger partial charge is 0.0702 e. The molecule has 0 fully saturated rings. The number of aromatic nitrogens is 1. The lowest BCUT2D eigenvalue weighted by atomic mass is 10.0. The van der Waals surface area contributed by atoms with E-state index in [4.69, 9.17) is 0 Å². The lowest BCUT2D eigenvalue weighted by molar-refractivity contribution is 0.828. The van der Waals surface area contributed by atoms with Crippen LogP contribution in [-0.4, -0.2) is 4.98 Å². The van der Waals surface area contributed by atoms with Crippen molar-refractivity contribution < 1.29 is 0 Å². The Morgan fingerprint density at radius 3 is 2.71 bits per heavy atom. The first-order chi connectivity index (χ1) is 6.57. The number of fused-ring (bicyclic) bond motifs is 1. The largest absolute Gasteiger partial charge is 0.256 e. The minimum absolute atomic E-state index is 0.182. The molecular weight excluding hydrogens is 285 g/mol. The summed E-state index contributed by atoms with van der Waals surface area (Å²) in [6.45, 7) is 4.43. The quantitative estimate of drug-likeness (QED) is 0.574. The van der Waals surface area contributed by atoms with Crippen molar-refractivity contribution >= 4 is 33.5 Å². The standard InChI is InChI=1S/C12H12IN/c1-12(2,13)10-5-6-11-9(8-10)4-3-7-14-11/h3-8H,1-2H3. The number of rotatable bonds is 1. The van der Waals surface area contributed by atoms with Crippen molar-refractivity contribution in [2.45, 2.75) is 17.3 Å². The van der Waals surface area contributed by atoms with Crippen LogP contribution in [0.4, 0.5) is 0 Å². The van der Waals surface area contributed by atoms with Gasteiger partial charge in [-0.2, -0.15) is 0 Å². The van der Waals surface area contributed by atoms with Gasteiger partial charge in [-0.3, -0.25) is 4.98 Å². The molecule has 1 nitrogen and oxygen atoms in total. The van der Waals surface area contributed by atoms with E-state index in [0.717, 1.165) is 5.52 Å². The van der Waals surface area contributed by atoms with Crippen LogP contribution in [0, 0.1) is 0 Å². The lowest BCUT2D eigenvalue weighted by Crippen LogP contribution is -2.05. The summed E-state index contributed by atoms with van der Waals surface area (Å²) >= 11 is 2.45. The van der Waals surface area contributed by atoms with Gasteiger partial charge in [0.05, 0.1) is 5.52 Å². The molecule has 0 atom stereocenters. The molecular formula is C12H12IN. The van der Waals surface area contributed by atoms with E-state index in [9.17, 15) is 0 Å². The van der Waals surface area contributed by atoms with E-state index in [0.29, 0.717) is 0 Å². The van der Waals surface area contributed by atoms with Gasteiger partial charge < -0.3 is 0 Å². The van der Waals surface area contributed by atoms with Crippen molar-refractivity contribution in [2.75, 3.05) is 0 Å². The maximum absolute atomic E-state index is 4.30. The first-order valence-corrected chi connectivity index (χ1v) is 5.69. The highest BCUT2D eigenvalue weighted by Gasteiger charge is 2.15. The Bertz CT molecular complexity index is 457. The zero-order valence-corrected chi connectivity index (χ0v) is 10.4. The maximum Gasteiger partial charge on any atom is 0.0702 e. The van der Waals surface area contributed by atoms with Crippen LogP contribution in [0.15, 0.2) is 36.5 Å². The van der Waals surface area contributed by atoms with Crippen molar-refractivity contribution in [3.8, 4) is 0 Å². The van der Waals surface area contributed by atoms with E-state index in [1.807, 2.05) is 12.3 Å². The van der Waals surface area contributed by atoms with Gasteiger partial charge in [-0.15, -0.1) is 0 Å². The molecule has 14 heavy (non-hydrogen) atoms. The van der Waals surface area contributed by atoms with Crippen LogP contribution >= 0.6 is 22.6 Å². The van der Waals surface area contributed by atoms with Gasteiger partial charge in [0, 0.05) is 15.0 Å². The van der Waals surface area contributed by atoms with Gasteiger partial charge in [-0.25, -0.2) is 0 Å². The minimum atomic E-state index is 0.182. The van der Waals surface area contributed by atoms with E-state index < -0.39 is 0 Å². The van der Waals surface area contributed by atoms with Gasteiger partial charge in [0.1, 0.15) is 0 Å². The van der Waals surface area contributed by atoms with Crippen LogP contribution in [0.3, 0.4) is 0 Å². The second kappa shape index (κ2) is 3.50. The van der Waals surface area contributed by atoms with E-state index in [1.54, 1.807) is 0 Å². The van der Waals surface area contributed by atoms with Gasteiger partial charge in [0.15, 0.2) is 0 Å². The predicted molar refractivity (Wildman–Crippen MR) is 68.8 cm³/mol. The van der Waals surface area contributed by atoms with E-state index in [-0.39, 0.29) is 3.42 Å². The minimum Gasteiger partial charge on any atom is -0.256 e. The highest BCUT2D eigenvalue weighted by Crippen LogP contribution is 2.31. The number of halogens is 1. The molecule has 0 aliphatic rings. The molecule has 0 unspecified atom stereocenters. The third-order valence-electron chi connectivity index (χ3n) is 2.29. The lowest BCUT2D eigenvalue weighted by Gasteiger charge is -2.17. The Morgan fingerprint density at radius 2 is 2.00 bits per heavy atom.